The van der Waals surface area contributed by atoms with E-state index in [4.69, 9.17) is 21.4 Å². The molecule has 0 saturated carbocycles. The molecule has 1 saturated heterocycles. The smallest absolute Gasteiger partial charge is 0.404 e. The van der Waals surface area contributed by atoms with E-state index in [0.717, 1.165) is 10.8 Å². The lowest BCUT2D eigenvalue weighted by Gasteiger charge is -2.42. The van der Waals surface area contributed by atoms with Crippen LogP contribution < -0.4 is 15.0 Å². The normalized spacial score (nSPS) is 13.8. The van der Waals surface area contributed by atoms with Crippen molar-refractivity contribution in [3.8, 4) is 22.8 Å². The number of fused-ring (bicyclic) bond motifs is 2. The number of halogens is 2. The Morgan fingerprint density at radius 1 is 1.22 bits per heavy atom. The minimum absolute atomic E-state index is 0.0158. The number of nitrogens with one attached hydrogen (secondary N) is 1. The molecule has 1 amide bonds. The van der Waals surface area contributed by atoms with E-state index in [-0.39, 0.29) is 46.3 Å². The summed E-state index contributed by atoms with van der Waals surface area (Å²) in [7, 11) is 3.97. The zero-order valence-electron chi connectivity index (χ0n) is 20.2. The summed E-state index contributed by atoms with van der Waals surface area (Å²) in [5, 5.41) is 23.2. The van der Waals surface area contributed by atoms with E-state index in [1.165, 1.54) is 12.1 Å². The van der Waals surface area contributed by atoms with Crippen molar-refractivity contribution in [1.82, 2.24) is 20.2 Å². The second kappa shape index (κ2) is 9.87. The van der Waals surface area contributed by atoms with E-state index in [1.807, 2.05) is 43.3 Å². The third-order valence-electron chi connectivity index (χ3n) is 6.44. The van der Waals surface area contributed by atoms with Crippen LogP contribution in [0.15, 0.2) is 42.5 Å². The lowest BCUT2D eigenvalue weighted by atomic mass is 9.96. The van der Waals surface area contributed by atoms with Gasteiger partial charge in [-0.25, -0.2) is 14.2 Å². The molecule has 3 N–H and O–H groups in total. The van der Waals surface area contributed by atoms with Crippen LogP contribution in [0.3, 0.4) is 0 Å². The second-order valence-corrected chi connectivity index (χ2v) is 9.50. The van der Waals surface area contributed by atoms with Gasteiger partial charge in [0.05, 0.1) is 17.0 Å². The zero-order valence-corrected chi connectivity index (χ0v) is 21.0. The van der Waals surface area contributed by atoms with E-state index < -0.39 is 11.9 Å². The van der Waals surface area contributed by atoms with Crippen molar-refractivity contribution in [2.45, 2.75) is 6.04 Å². The summed E-state index contributed by atoms with van der Waals surface area (Å²) in [6.45, 7) is 1.33. The van der Waals surface area contributed by atoms with Crippen molar-refractivity contribution in [1.29, 1.82) is 0 Å². The lowest BCUT2D eigenvalue weighted by Crippen LogP contribution is -2.58. The molecular weight excluding hydrogens is 501 g/mol. The van der Waals surface area contributed by atoms with Crippen molar-refractivity contribution in [2.24, 2.45) is 0 Å². The quantitative estimate of drug-likeness (QED) is 0.305. The van der Waals surface area contributed by atoms with Crippen molar-refractivity contribution < 1.29 is 24.1 Å². The highest BCUT2D eigenvalue weighted by Crippen LogP contribution is 2.42. The number of aromatic hydroxyl groups is 1. The molecule has 5 rings (SSSR count). The van der Waals surface area contributed by atoms with Gasteiger partial charge in [0.1, 0.15) is 17.9 Å². The maximum absolute atomic E-state index is 16.3. The van der Waals surface area contributed by atoms with Crippen LogP contribution in [0.2, 0.25) is 5.02 Å². The number of hydrogen-bond acceptors (Lipinski definition) is 7. The van der Waals surface area contributed by atoms with Crippen LogP contribution in [0, 0.1) is 5.82 Å². The van der Waals surface area contributed by atoms with Crippen LogP contribution in [-0.2, 0) is 0 Å². The van der Waals surface area contributed by atoms with Gasteiger partial charge in [0.2, 0.25) is 11.8 Å². The predicted molar refractivity (Wildman–Crippen MR) is 140 cm³/mol. The SMILES string of the molecule is CN(C)C1CN(c2nc(OCCNC(=O)O)c3cc(Cl)c(-c4cc(O)cc5ccccc45)c(F)c3n2)C1. The summed E-state index contributed by atoms with van der Waals surface area (Å²) in [6, 6.07) is 12.3. The van der Waals surface area contributed by atoms with Gasteiger partial charge in [0.25, 0.3) is 0 Å². The Balaban J connectivity index is 1.65. The fourth-order valence-electron chi connectivity index (χ4n) is 4.41. The molecule has 0 spiro atoms. The molecule has 0 unspecified atom stereocenters. The highest BCUT2D eigenvalue weighted by molar-refractivity contribution is 6.34. The molecule has 1 aliphatic rings. The number of phenolic OH excluding ortho intramolecular Hbond substituents is 1. The van der Waals surface area contributed by atoms with Gasteiger partial charge in [-0.2, -0.15) is 4.98 Å². The topological polar surface area (TPSA) is 111 Å². The molecule has 37 heavy (non-hydrogen) atoms. The summed E-state index contributed by atoms with van der Waals surface area (Å²) in [5.74, 6) is -0.272. The maximum Gasteiger partial charge on any atom is 0.404 e. The summed E-state index contributed by atoms with van der Waals surface area (Å²) >= 11 is 6.63. The molecule has 192 valence electrons. The number of nitrogens with zero attached hydrogens (tertiary/aromatic N) is 4. The minimum Gasteiger partial charge on any atom is -0.508 e. The minimum atomic E-state index is -1.18. The molecule has 4 aromatic rings. The molecule has 0 bridgehead atoms. The molecule has 0 atom stereocenters. The second-order valence-electron chi connectivity index (χ2n) is 9.09. The highest BCUT2D eigenvalue weighted by atomic mass is 35.5. The average molecular weight is 526 g/mol. The monoisotopic (exact) mass is 525 g/mol. The number of carboxylic acid groups (broad SMARTS) is 1. The van der Waals surface area contributed by atoms with Gasteiger partial charge in [-0.05, 0) is 48.6 Å². The number of amides is 1. The average Bonchev–Trinajstić information content (AvgIpc) is 2.81. The van der Waals surface area contributed by atoms with E-state index in [0.29, 0.717) is 30.6 Å². The number of ether oxygens (including phenoxy) is 1. The summed E-state index contributed by atoms with van der Waals surface area (Å²) < 4.78 is 22.1. The van der Waals surface area contributed by atoms with Crippen LogP contribution in [0.25, 0.3) is 32.8 Å². The Hall–Kier alpha value is -3.89. The number of likely N-dealkylation sites (N-methyl/N-ethyl adjacent to an activating group) is 1. The Bertz CT molecular complexity index is 1510. The van der Waals surface area contributed by atoms with E-state index in [1.54, 1.807) is 6.07 Å². The molecule has 3 aromatic carbocycles. The van der Waals surface area contributed by atoms with Crippen LogP contribution in [0.4, 0.5) is 15.1 Å². The van der Waals surface area contributed by atoms with Crippen LogP contribution >= 0.6 is 11.6 Å². The molecule has 0 radical (unpaired) electrons. The highest BCUT2D eigenvalue weighted by Gasteiger charge is 2.32. The van der Waals surface area contributed by atoms with Crippen molar-refractivity contribution in [3.63, 3.8) is 0 Å². The van der Waals surface area contributed by atoms with Gasteiger partial charge in [-0.3, -0.25) is 0 Å². The number of anilines is 1. The van der Waals surface area contributed by atoms with E-state index in [2.05, 4.69) is 20.2 Å². The molecule has 2 heterocycles. The van der Waals surface area contributed by atoms with Gasteiger partial charge in [0.15, 0.2) is 5.82 Å². The van der Waals surface area contributed by atoms with E-state index in [9.17, 15) is 9.90 Å². The first-order valence-corrected chi connectivity index (χ1v) is 12.0. The van der Waals surface area contributed by atoms with E-state index >= 15 is 4.39 Å². The van der Waals surface area contributed by atoms with Crippen LogP contribution in [0.1, 0.15) is 0 Å². The fourth-order valence-corrected chi connectivity index (χ4v) is 4.70. The Labute approximate surface area is 217 Å². The number of carbonyl (C=O) groups is 1. The van der Waals surface area contributed by atoms with Crippen LogP contribution in [-0.4, -0.2) is 77.6 Å². The summed E-state index contributed by atoms with van der Waals surface area (Å²) in [5.41, 5.74) is 0.565. The molecule has 9 nitrogen and oxygen atoms in total. The predicted octanol–water partition coefficient (Wildman–Crippen LogP) is 4.34. The third-order valence-corrected chi connectivity index (χ3v) is 6.74. The molecule has 11 heteroatoms. The first kappa shape index (κ1) is 24.8. The molecular formula is C26H25ClFN5O4. The number of phenols is 1. The fraction of sp³-hybridized carbons (Fsp3) is 0.269. The van der Waals surface area contributed by atoms with Gasteiger partial charge in [0, 0.05) is 24.7 Å². The number of hydrogen-bond donors (Lipinski definition) is 3. The molecule has 1 aromatic heterocycles. The summed E-state index contributed by atoms with van der Waals surface area (Å²) in [6.07, 6.45) is -1.18. The molecule has 0 aliphatic carbocycles. The van der Waals surface area contributed by atoms with Crippen molar-refractivity contribution in [3.05, 3.63) is 53.3 Å². The number of aromatic nitrogens is 2. The van der Waals surface area contributed by atoms with Gasteiger partial charge in [-0.1, -0.05) is 35.9 Å². The van der Waals surface area contributed by atoms with Crippen LogP contribution in [0.5, 0.6) is 11.6 Å². The number of benzene rings is 3. The lowest BCUT2D eigenvalue weighted by molar-refractivity contribution is 0.191. The number of rotatable bonds is 7. The Morgan fingerprint density at radius 3 is 2.70 bits per heavy atom. The first-order valence-electron chi connectivity index (χ1n) is 11.7. The molecule has 1 aliphatic heterocycles. The molecule has 1 fully saturated rings. The summed E-state index contributed by atoms with van der Waals surface area (Å²) in [4.78, 5) is 23.9. The standard InChI is InChI=1S/C26H25ClFN5O4/c1-32(2)15-12-33(13-15)25-30-23-19(24(31-25)37-8-7-29-26(35)36)11-20(27)21(22(23)28)18-10-16(34)9-14-5-3-4-6-17(14)18/h3-6,9-11,15,29,34H,7-8,12-13H2,1-2H3,(H,35,36). The third kappa shape index (κ3) is 4.77. The van der Waals surface area contributed by atoms with Gasteiger partial charge < -0.3 is 30.1 Å². The van der Waals surface area contributed by atoms with Crippen molar-refractivity contribution in [2.75, 3.05) is 45.2 Å². The van der Waals surface area contributed by atoms with Gasteiger partial charge in [-0.15, -0.1) is 0 Å². The first-order chi connectivity index (χ1) is 17.7. The Morgan fingerprint density at radius 2 is 1.97 bits per heavy atom. The van der Waals surface area contributed by atoms with Crippen molar-refractivity contribution >= 4 is 45.3 Å². The largest absolute Gasteiger partial charge is 0.508 e. The maximum atomic E-state index is 16.3. The zero-order chi connectivity index (χ0) is 26.3. The van der Waals surface area contributed by atoms with Gasteiger partial charge >= 0.3 is 6.09 Å². The Kier molecular flexibility index (Phi) is 6.61.